The predicted octanol–water partition coefficient (Wildman–Crippen LogP) is 6.01. The fourth-order valence-corrected chi connectivity index (χ4v) is 5.64. The Morgan fingerprint density at radius 1 is 1.06 bits per heavy atom. The topological polar surface area (TPSA) is 82.0 Å². The zero-order chi connectivity index (χ0) is 24.1. The molecule has 1 aliphatic heterocycles. The van der Waals surface area contributed by atoms with Crippen LogP contribution in [0.5, 0.6) is 0 Å². The number of aryl methyl sites for hydroxylation is 1. The molecular formula is C27H23N3O2S2. The minimum atomic E-state index is -0.510. The highest BCUT2D eigenvalue weighted by Crippen LogP contribution is 2.42. The summed E-state index contributed by atoms with van der Waals surface area (Å²) in [5.41, 5.74) is 3.92. The Balaban J connectivity index is 1.65. The van der Waals surface area contributed by atoms with E-state index in [0.29, 0.717) is 27.4 Å². The first kappa shape index (κ1) is 23.6. The van der Waals surface area contributed by atoms with Crippen molar-refractivity contribution < 1.29 is 9.59 Å². The molecule has 0 spiro atoms. The van der Waals surface area contributed by atoms with Crippen molar-refractivity contribution >= 4 is 40.5 Å². The smallest absolute Gasteiger partial charge is 0.254 e. The number of thiophene rings is 1. The number of nitriles is 1. The molecule has 170 valence electrons. The van der Waals surface area contributed by atoms with Gasteiger partial charge in [0.2, 0.25) is 0 Å². The molecule has 0 fully saturated rings. The number of thioether (sulfide) groups is 1. The normalized spacial score (nSPS) is 15.5. The number of benzene rings is 2. The van der Waals surface area contributed by atoms with Gasteiger partial charge in [-0.1, -0.05) is 66.4 Å². The number of dihydropyridines is 1. The molecule has 2 N–H and O–H groups in total. The Bertz CT molecular complexity index is 1320. The van der Waals surface area contributed by atoms with Gasteiger partial charge < -0.3 is 10.6 Å². The molecular weight excluding hydrogens is 462 g/mol. The summed E-state index contributed by atoms with van der Waals surface area (Å²) in [5.74, 6) is -0.596. The lowest BCUT2D eigenvalue weighted by Gasteiger charge is -2.29. The summed E-state index contributed by atoms with van der Waals surface area (Å²) in [4.78, 5) is 27.0. The lowest BCUT2D eigenvalue weighted by molar-refractivity contribution is -0.113. The van der Waals surface area contributed by atoms with Crippen molar-refractivity contribution in [3.8, 4) is 6.07 Å². The van der Waals surface area contributed by atoms with Crippen molar-refractivity contribution in [3.63, 3.8) is 0 Å². The average molecular weight is 486 g/mol. The molecule has 1 amide bonds. The molecule has 34 heavy (non-hydrogen) atoms. The van der Waals surface area contributed by atoms with Gasteiger partial charge in [-0.25, -0.2) is 0 Å². The number of hydrogen-bond donors (Lipinski definition) is 2. The second-order valence-electron chi connectivity index (χ2n) is 7.81. The molecule has 0 saturated carbocycles. The van der Waals surface area contributed by atoms with Crippen LogP contribution in [0.15, 0.2) is 94.0 Å². The van der Waals surface area contributed by atoms with Crippen LogP contribution in [-0.2, 0) is 4.79 Å². The summed E-state index contributed by atoms with van der Waals surface area (Å²) in [7, 11) is 0. The van der Waals surface area contributed by atoms with Crippen molar-refractivity contribution in [2.75, 3.05) is 11.1 Å². The Morgan fingerprint density at radius 3 is 2.47 bits per heavy atom. The van der Waals surface area contributed by atoms with Crippen LogP contribution in [0, 0.1) is 18.3 Å². The number of carbonyl (C=O) groups is 2. The lowest BCUT2D eigenvalue weighted by Crippen LogP contribution is -2.30. The number of amides is 1. The van der Waals surface area contributed by atoms with E-state index in [1.54, 1.807) is 12.1 Å². The van der Waals surface area contributed by atoms with Crippen molar-refractivity contribution in [1.29, 1.82) is 5.26 Å². The number of rotatable bonds is 7. The fraction of sp³-hybridized carbons (Fsp3) is 0.148. The van der Waals surface area contributed by atoms with Crippen LogP contribution in [0.1, 0.15) is 33.6 Å². The quantitative estimate of drug-likeness (QED) is 0.401. The predicted molar refractivity (Wildman–Crippen MR) is 139 cm³/mol. The maximum Gasteiger partial charge on any atom is 0.254 e. The molecule has 0 radical (unpaired) electrons. The zero-order valence-electron chi connectivity index (χ0n) is 18.8. The molecule has 4 rings (SSSR count). The molecule has 0 bridgehead atoms. The number of nitrogens with zero attached hydrogens (tertiary/aromatic N) is 1. The van der Waals surface area contributed by atoms with Gasteiger partial charge >= 0.3 is 0 Å². The SMILES string of the molecule is CC1=C(C(=O)Nc2ccccc2C)[C@H](c2cccs2)C(C#N)=C(SCC(=O)c2ccccc2)N1. The van der Waals surface area contributed by atoms with Gasteiger partial charge in [0.15, 0.2) is 5.78 Å². The van der Waals surface area contributed by atoms with Gasteiger partial charge in [-0.05, 0) is 36.9 Å². The maximum atomic E-state index is 13.5. The largest absolute Gasteiger partial charge is 0.353 e. The third kappa shape index (κ3) is 4.98. The van der Waals surface area contributed by atoms with Crippen LogP contribution >= 0.6 is 23.1 Å². The molecule has 1 aromatic heterocycles. The average Bonchev–Trinajstić information content (AvgIpc) is 3.38. The van der Waals surface area contributed by atoms with E-state index in [-0.39, 0.29) is 17.4 Å². The molecule has 0 saturated heterocycles. The molecule has 2 aromatic carbocycles. The van der Waals surface area contributed by atoms with E-state index in [1.165, 1.54) is 23.1 Å². The Morgan fingerprint density at radius 2 is 1.79 bits per heavy atom. The third-order valence-electron chi connectivity index (χ3n) is 5.56. The molecule has 3 aromatic rings. The Kier molecular flexibility index (Phi) is 7.31. The van der Waals surface area contributed by atoms with Gasteiger partial charge in [-0.15, -0.1) is 11.3 Å². The number of hydrogen-bond acceptors (Lipinski definition) is 6. The highest BCUT2D eigenvalue weighted by Gasteiger charge is 2.35. The molecule has 0 aliphatic carbocycles. The molecule has 7 heteroatoms. The van der Waals surface area contributed by atoms with Crippen LogP contribution in [0.3, 0.4) is 0 Å². The van der Waals surface area contributed by atoms with Crippen molar-refractivity contribution in [2.45, 2.75) is 19.8 Å². The third-order valence-corrected chi connectivity index (χ3v) is 7.51. The number of Topliss-reactive ketones (excluding diaryl/α,β-unsaturated/α-hetero) is 1. The van der Waals surface area contributed by atoms with E-state index >= 15 is 0 Å². The van der Waals surface area contributed by atoms with Crippen LogP contribution in [-0.4, -0.2) is 17.4 Å². The first-order chi connectivity index (χ1) is 16.5. The Hall–Kier alpha value is -3.60. The van der Waals surface area contributed by atoms with Crippen LogP contribution in [0.4, 0.5) is 5.69 Å². The fourth-order valence-electron chi connectivity index (χ4n) is 3.82. The van der Waals surface area contributed by atoms with Crippen LogP contribution in [0.2, 0.25) is 0 Å². The minimum absolute atomic E-state index is 0.0189. The summed E-state index contributed by atoms with van der Waals surface area (Å²) in [6.45, 7) is 3.77. The summed E-state index contributed by atoms with van der Waals surface area (Å²) < 4.78 is 0. The molecule has 0 unspecified atom stereocenters. The van der Waals surface area contributed by atoms with Crippen LogP contribution in [0.25, 0.3) is 0 Å². The maximum absolute atomic E-state index is 13.5. The van der Waals surface area contributed by atoms with Gasteiger partial charge in [-0.3, -0.25) is 9.59 Å². The molecule has 5 nitrogen and oxygen atoms in total. The van der Waals surface area contributed by atoms with Gasteiger partial charge in [0.1, 0.15) is 0 Å². The van der Waals surface area contributed by atoms with E-state index in [9.17, 15) is 14.9 Å². The number of allylic oxidation sites excluding steroid dienone is 2. The monoisotopic (exact) mass is 485 g/mol. The Labute approximate surface area is 207 Å². The van der Waals surface area contributed by atoms with Crippen molar-refractivity contribution in [1.82, 2.24) is 5.32 Å². The van der Waals surface area contributed by atoms with Crippen LogP contribution < -0.4 is 10.6 Å². The highest BCUT2D eigenvalue weighted by atomic mass is 32.2. The first-order valence-electron chi connectivity index (χ1n) is 10.7. The van der Waals surface area contributed by atoms with E-state index in [1.807, 2.05) is 73.8 Å². The number of anilines is 1. The second-order valence-corrected chi connectivity index (χ2v) is 9.78. The molecule has 1 atom stereocenters. The van der Waals surface area contributed by atoms with Gasteiger partial charge in [-0.2, -0.15) is 5.26 Å². The summed E-state index contributed by atoms with van der Waals surface area (Å²) >= 11 is 2.79. The van der Waals surface area contributed by atoms with Crippen molar-refractivity contribution in [2.24, 2.45) is 0 Å². The summed E-state index contributed by atoms with van der Waals surface area (Å²) in [5, 5.41) is 18.9. The van der Waals surface area contributed by atoms with E-state index in [4.69, 9.17) is 0 Å². The molecule has 1 aliphatic rings. The zero-order valence-corrected chi connectivity index (χ0v) is 20.4. The van der Waals surface area contributed by atoms with Gasteiger partial charge in [0.05, 0.1) is 28.3 Å². The number of ketones is 1. The van der Waals surface area contributed by atoms with E-state index < -0.39 is 5.92 Å². The van der Waals surface area contributed by atoms with Gasteiger partial charge in [0, 0.05) is 27.4 Å². The van der Waals surface area contributed by atoms with Crippen molar-refractivity contribution in [3.05, 3.63) is 110 Å². The minimum Gasteiger partial charge on any atom is -0.353 e. The number of carbonyl (C=O) groups excluding carboxylic acids is 2. The summed E-state index contributed by atoms with van der Waals surface area (Å²) in [6.07, 6.45) is 0. The van der Waals surface area contributed by atoms with Gasteiger partial charge in [0.25, 0.3) is 5.91 Å². The summed E-state index contributed by atoms with van der Waals surface area (Å²) in [6, 6.07) is 22.8. The number of para-hydroxylation sites is 1. The second kappa shape index (κ2) is 10.6. The van der Waals surface area contributed by atoms with E-state index in [0.717, 1.165) is 16.1 Å². The molecule has 2 heterocycles. The van der Waals surface area contributed by atoms with E-state index in [2.05, 4.69) is 16.7 Å². The highest BCUT2D eigenvalue weighted by molar-refractivity contribution is 8.03. The first-order valence-corrected chi connectivity index (χ1v) is 12.6. The lowest BCUT2D eigenvalue weighted by atomic mass is 9.86. The number of nitrogens with one attached hydrogen (secondary N) is 2. The standard InChI is InChI=1S/C27H23N3O2S2/c1-17-9-6-7-12-21(17)30-26(32)24-18(2)29-27(20(15-28)25(24)23-13-8-14-33-23)34-16-22(31)19-10-4-3-5-11-19/h3-14,25,29H,16H2,1-2H3,(H,30,32)/t25-/m0/s1.